The quantitative estimate of drug-likeness (QED) is 0.392. The monoisotopic (exact) mass is 513 g/mol. The summed E-state index contributed by atoms with van der Waals surface area (Å²) in [6, 6.07) is 6.07. The van der Waals surface area contributed by atoms with Crippen LogP contribution in [0.1, 0.15) is 37.4 Å². The van der Waals surface area contributed by atoms with Gasteiger partial charge in [-0.2, -0.15) is 4.98 Å². The number of rotatable bonds is 9. The second-order valence-electron chi connectivity index (χ2n) is 10.6. The van der Waals surface area contributed by atoms with Crippen molar-refractivity contribution in [2.45, 2.75) is 44.4 Å². The van der Waals surface area contributed by atoms with Gasteiger partial charge in [-0.1, -0.05) is 0 Å². The van der Waals surface area contributed by atoms with Crippen LogP contribution in [0.25, 0.3) is 10.9 Å². The third-order valence-electron chi connectivity index (χ3n) is 7.02. The average molecular weight is 514 g/mol. The highest BCUT2D eigenvalue weighted by atomic mass is 32.3. The van der Waals surface area contributed by atoms with Crippen molar-refractivity contribution in [2.75, 3.05) is 62.3 Å². The first-order chi connectivity index (χ1) is 17.5. The second kappa shape index (κ2) is 11.4. The number of anilines is 1. The van der Waals surface area contributed by atoms with Crippen molar-refractivity contribution < 1.29 is 14.2 Å². The molecule has 36 heavy (non-hydrogen) atoms. The minimum absolute atomic E-state index is 0.145. The number of imidazole rings is 1. The van der Waals surface area contributed by atoms with E-state index >= 15 is 0 Å². The van der Waals surface area contributed by atoms with E-state index in [0.717, 1.165) is 86.9 Å². The molecule has 5 rings (SSSR count). The van der Waals surface area contributed by atoms with E-state index in [1.807, 2.05) is 24.7 Å². The maximum atomic E-state index is 6.55. The molecule has 1 saturated carbocycles. The van der Waals surface area contributed by atoms with E-state index in [2.05, 4.69) is 45.4 Å². The molecule has 2 aliphatic rings. The van der Waals surface area contributed by atoms with Crippen LogP contribution in [0.5, 0.6) is 5.88 Å². The normalized spacial score (nSPS) is 21.6. The fraction of sp³-hybridized carbons (Fsp3) is 0.593. The molecular weight excluding hydrogens is 474 g/mol. The van der Waals surface area contributed by atoms with Gasteiger partial charge in [0, 0.05) is 49.4 Å². The number of hydrogen-bond acceptors (Lipinski definition) is 7. The third-order valence-corrected chi connectivity index (χ3v) is 8.41. The van der Waals surface area contributed by atoms with Gasteiger partial charge in [0.2, 0.25) is 5.88 Å². The Balaban J connectivity index is 1.21. The zero-order valence-corrected chi connectivity index (χ0v) is 22.6. The van der Waals surface area contributed by atoms with Gasteiger partial charge in [-0.3, -0.25) is 4.98 Å². The summed E-state index contributed by atoms with van der Waals surface area (Å²) in [5.74, 6) is 4.32. The van der Waals surface area contributed by atoms with Crippen LogP contribution >= 0.6 is 10.0 Å². The summed E-state index contributed by atoms with van der Waals surface area (Å²) in [7, 11) is -0.532. The van der Waals surface area contributed by atoms with Gasteiger partial charge in [-0.15, -0.1) is 0 Å². The van der Waals surface area contributed by atoms with E-state index in [1.165, 1.54) is 0 Å². The van der Waals surface area contributed by atoms with Crippen LogP contribution in [0.15, 0.2) is 36.8 Å². The summed E-state index contributed by atoms with van der Waals surface area (Å²) in [6.45, 7) is 4.50. The molecule has 196 valence electrons. The molecule has 0 atom stereocenters. The molecule has 3 aromatic rings. The number of ether oxygens (including phenoxy) is 3. The van der Waals surface area contributed by atoms with E-state index in [0.29, 0.717) is 18.5 Å². The molecule has 1 aliphatic carbocycles. The van der Waals surface area contributed by atoms with Crippen LogP contribution in [0.4, 0.5) is 5.82 Å². The Morgan fingerprint density at radius 3 is 2.64 bits per heavy atom. The van der Waals surface area contributed by atoms with Gasteiger partial charge in [0.15, 0.2) is 0 Å². The molecule has 8 nitrogen and oxygen atoms in total. The Bertz CT molecular complexity index is 1130. The standard InChI is InChI=1S/C27H39N5O3S/c1-36(2,3)18-17-34-20-32-12-11-29-26(32)21-6-8-22(9-7-21)35-27-23-5-4-10-28-24(23)19-25(30-27)31-13-15-33-16-14-31/h4-5,10-12,19,21-22H,6-9,13-18,20H2,1-3H3. The summed E-state index contributed by atoms with van der Waals surface area (Å²) >= 11 is 0. The van der Waals surface area contributed by atoms with Gasteiger partial charge in [-0.25, -0.2) is 15.0 Å². The van der Waals surface area contributed by atoms with Crippen molar-refractivity contribution in [1.82, 2.24) is 19.5 Å². The van der Waals surface area contributed by atoms with Crippen molar-refractivity contribution in [3.8, 4) is 5.88 Å². The fourth-order valence-corrected chi connectivity index (χ4v) is 5.55. The zero-order valence-electron chi connectivity index (χ0n) is 21.8. The molecule has 1 aliphatic heterocycles. The van der Waals surface area contributed by atoms with Gasteiger partial charge in [0.05, 0.1) is 30.7 Å². The van der Waals surface area contributed by atoms with E-state index in [1.54, 1.807) is 0 Å². The Morgan fingerprint density at radius 2 is 1.86 bits per heavy atom. The van der Waals surface area contributed by atoms with Crippen LogP contribution in [-0.4, -0.2) is 83.1 Å². The van der Waals surface area contributed by atoms with E-state index in [4.69, 9.17) is 24.2 Å². The molecule has 0 bridgehead atoms. The van der Waals surface area contributed by atoms with Gasteiger partial charge in [-0.05, 0) is 56.6 Å². The largest absolute Gasteiger partial charge is 0.474 e. The number of hydrogen-bond donors (Lipinski definition) is 0. The number of nitrogens with zero attached hydrogens (tertiary/aromatic N) is 5. The number of morpholine rings is 1. The van der Waals surface area contributed by atoms with Gasteiger partial charge in [0.25, 0.3) is 0 Å². The minimum atomic E-state index is -0.532. The topological polar surface area (TPSA) is 74.5 Å². The van der Waals surface area contributed by atoms with Gasteiger partial charge >= 0.3 is 0 Å². The van der Waals surface area contributed by atoms with E-state index in [-0.39, 0.29) is 6.10 Å². The lowest BCUT2D eigenvalue weighted by atomic mass is 9.87. The minimum Gasteiger partial charge on any atom is -0.474 e. The first kappa shape index (κ1) is 25.3. The first-order valence-electron chi connectivity index (χ1n) is 13.0. The molecule has 3 aromatic heterocycles. The van der Waals surface area contributed by atoms with Crippen molar-refractivity contribution >= 4 is 26.7 Å². The van der Waals surface area contributed by atoms with Crippen molar-refractivity contribution in [1.29, 1.82) is 0 Å². The maximum absolute atomic E-state index is 6.55. The Hall–Kier alpha value is -2.36. The summed E-state index contributed by atoms with van der Waals surface area (Å²) in [6.07, 6.45) is 17.0. The Morgan fingerprint density at radius 1 is 1.06 bits per heavy atom. The fourth-order valence-electron chi connectivity index (χ4n) is 4.93. The summed E-state index contributed by atoms with van der Waals surface area (Å²) in [5.41, 5.74) is 0.924. The van der Waals surface area contributed by atoms with Crippen LogP contribution in [0.2, 0.25) is 0 Å². The maximum Gasteiger partial charge on any atom is 0.225 e. The number of pyridine rings is 2. The summed E-state index contributed by atoms with van der Waals surface area (Å²) in [5, 5.41) is 0.974. The lowest BCUT2D eigenvalue weighted by Crippen LogP contribution is -2.36. The molecule has 0 radical (unpaired) electrons. The lowest BCUT2D eigenvalue weighted by Gasteiger charge is -2.30. The van der Waals surface area contributed by atoms with Crippen molar-refractivity contribution in [3.63, 3.8) is 0 Å². The first-order valence-corrected chi connectivity index (χ1v) is 16.0. The molecule has 9 heteroatoms. The van der Waals surface area contributed by atoms with Crippen LogP contribution in [0, 0.1) is 0 Å². The third kappa shape index (κ3) is 6.30. The lowest BCUT2D eigenvalue weighted by molar-refractivity contribution is 0.0842. The molecule has 0 amide bonds. The molecule has 0 aromatic carbocycles. The highest BCUT2D eigenvalue weighted by Gasteiger charge is 2.27. The van der Waals surface area contributed by atoms with Crippen LogP contribution in [0.3, 0.4) is 0 Å². The highest BCUT2D eigenvalue weighted by Crippen LogP contribution is 2.36. The Labute approximate surface area is 215 Å². The SMILES string of the molecule is CS(C)(C)CCOCn1ccnc1C1CCC(Oc2nc(N3CCOCC3)cc3ncccc23)CC1. The molecule has 4 heterocycles. The molecule has 2 fully saturated rings. The molecule has 0 N–H and O–H groups in total. The number of aromatic nitrogens is 4. The van der Waals surface area contributed by atoms with Crippen LogP contribution in [-0.2, 0) is 16.2 Å². The van der Waals surface area contributed by atoms with E-state index in [9.17, 15) is 0 Å². The zero-order chi connectivity index (χ0) is 25.0. The Kier molecular flexibility index (Phi) is 7.98. The molecular formula is C27H39N5O3S. The average Bonchev–Trinajstić information content (AvgIpc) is 3.35. The summed E-state index contributed by atoms with van der Waals surface area (Å²) < 4.78 is 20.2. The van der Waals surface area contributed by atoms with Crippen molar-refractivity contribution in [2.24, 2.45) is 0 Å². The predicted octanol–water partition coefficient (Wildman–Crippen LogP) is 4.44. The molecule has 0 spiro atoms. The summed E-state index contributed by atoms with van der Waals surface area (Å²) in [4.78, 5) is 16.5. The smallest absolute Gasteiger partial charge is 0.225 e. The molecule has 1 saturated heterocycles. The predicted molar refractivity (Wildman–Crippen MR) is 147 cm³/mol. The van der Waals surface area contributed by atoms with Gasteiger partial charge < -0.3 is 23.7 Å². The van der Waals surface area contributed by atoms with Gasteiger partial charge in [0.1, 0.15) is 24.5 Å². The van der Waals surface area contributed by atoms with E-state index < -0.39 is 10.0 Å². The highest BCUT2D eigenvalue weighted by molar-refractivity contribution is 8.32. The van der Waals surface area contributed by atoms with Crippen molar-refractivity contribution in [3.05, 3.63) is 42.6 Å². The number of fused-ring (bicyclic) bond motifs is 1. The molecule has 0 unspecified atom stereocenters. The second-order valence-corrected chi connectivity index (χ2v) is 15.2. The van der Waals surface area contributed by atoms with Crippen LogP contribution < -0.4 is 9.64 Å².